The van der Waals surface area contributed by atoms with Gasteiger partial charge in [0.2, 0.25) is 5.95 Å². The molecule has 0 aliphatic rings. The lowest BCUT2D eigenvalue weighted by Crippen LogP contribution is -2.36. The SMILES string of the molecule is CCC(CC)C(N)CNc1nc(C)cc(C)n1. The first-order valence-corrected chi connectivity index (χ1v) is 6.38. The molecule has 0 bridgehead atoms. The molecule has 1 unspecified atom stereocenters. The van der Waals surface area contributed by atoms with Crippen LogP contribution in [0.3, 0.4) is 0 Å². The summed E-state index contributed by atoms with van der Waals surface area (Å²) in [6.45, 7) is 9.04. The summed E-state index contributed by atoms with van der Waals surface area (Å²) in [6.07, 6.45) is 2.24. The monoisotopic (exact) mass is 236 g/mol. The Morgan fingerprint density at radius 2 is 1.71 bits per heavy atom. The molecule has 1 aromatic rings. The van der Waals surface area contributed by atoms with Gasteiger partial charge in [-0.1, -0.05) is 26.7 Å². The number of nitrogens with two attached hydrogens (primary N) is 1. The summed E-state index contributed by atoms with van der Waals surface area (Å²) in [5.74, 6) is 1.25. The number of aryl methyl sites for hydroxylation is 2. The Morgan fingerprint density at radius 3 is 2.18 bits per heavy atom. The summed E-state index contributed by atoms with van der Waals surface area (Å²) < 4.78 is 0. The van der Waals surface area contributed by atoms with E-state index in [9.17, 15) is 0 Å². The van der Waals surface area contributed by atoms with E-state index in [-0.39, 0.29) is 6.04 Å². The number of anilines is 1. The van der Waals surface area contributed by atoms with E-state index in [1.54, 1.807) is 0 Å². The molecule has 1 aromatic heterocycles. The van der Waals surface area contributed by atoms with Gasteiger partial charge in [-0.15, -0.1) is 0 Å². The van der Waals surface area contributed by atoms with E-state index in [4.69, 9.17) is 5.73 Å². The number of aromatic nitrogens is 2. The number of rotatable bonds is 6. The van der Waals surface area contributed by atoms with E-state index in [0.29, 0.717) is 11.9 Å². The molecule has 17 heavy (non-hydrogen) atoms. The summed E-state index contributed by atoms with van der Waals surface area (Å²) in [6, 6.07) is 2.13. The number of hydrogen-bond acceptors (Lipinski definition) is 4. The third kappa shape index (κ3) is 4.30. The first-order chi connectivity index (χ1) is 8.06. The molecule has 3 N–H and O–H groups in total. The maximum atomic E-state index is 6.14. The standard InChI is InChI=1S/C13H24N4/c1-5-11(6-2)12(14)8-15-13-16-9(3)7-10(4)17-13/h7,11-12H,5-6,8,14H2,1-4H3,(H,15,16,17). The van der Waals surface area contributed by atoms with Crippen molar-refractivity contribution in [2.75, 3.05) is 11.9 Å². The van der Waals surface area contributed by atoms with E-state index >= 15 is 0 Å². The number of nitrogens with zero attached hydrogens (tertiary/aromatic N) is 2. The Morgan fingerprint density at radius 1 is 1.18 bits per heavy atom. The number of nitrogens with one attached hydrogen (secondary N) is 1. The lowest BCUT2D eigenvalue weighted by molar-refractivity contribution is 0.407. The maximum Gasteiger partial charge on any atom is 0.223 e. The molecule has 96 valence electrons. The van der Waals surface area contributed by atoms with Crippen molar-refractivity contribution in [2.24, 2.45) is 11.7 Å². The van der Waals surface area contributed by atoms with Crippen LogP contribution in [0.25, 0.3) is 0 Å². The van der Waals surface area contributed by atoms with Gasteiger partial charge < -0.3 is 11.1 Å². The Kier molecular flexibility index (Phi) is 5.35. The second-order valence-corrected chi connectivity index (χ2v) is 4.60. The fraction of sp³-hybridized carbons (Fsp3) is 0.692. The van der Waals surface area contributed by atoms with Crippen LogP contribution in [-0.2, 0) is 0 Å². The van der Waals surface area contributed by atoms with Gasteiger partial charge in [-0.05, 0) is 25.8 Å². The van der Waals surface area contributed by atoms with Crippen molar-refractivity contribution in [3.05, 3.63) is 17.5 Å². The highest BCUT2D eigenvalue weighted by Crippen LogP contribution is 2.12. The van der Waals surface area contributed by atoms with Crippen LogP contribution in [0.4, 0.5) is 5.95 Å². The van der Waals surface area contributed by atoms with Crippen molar-refractivity contribution < 1.29 is 0 Å². The molecule has 0 saturated heterocycles. The summed E-state index contributed by atoms with van der Waals surface area (Å²) in [7, 11) is 0. The van der Waals surface area contributed by atoms with Gasteiger partial charge >= 0.3 is 0 Å². The molecule has 0 aliphatic carbocycles. The van der Waals surface area contributed by atoms with Gasteiger partial charge in [0.15, 0.2) is 0 Å². The zero-order valence-corrected chi connectivity index (χ0v) is 11.3. The van der Waals surface area contributed by atoms with Gasteiger partial charge in [0.25, 0.3) is 0 Å². The molecular formula is C13H24N4. The first-order valence-electron chi connectivity index (χ1n) is 6.38. The lowest BCUT2D eigenvalue weighted by Gasteiger charge is -2.21. The molecule has 0 aromatic carbocycles. The highest BCUT2D eigenvalue weighted by atomic mass is 15.1. The van der Waals surface area contributed by atoms with Crippen molar-refractivity contribution >= 4 is 5.95 Å². The minimum absolute atomic E-state index is 0.161. The molecule has 1 heterocycles. The molecule has 4 nitrogen and oxygen atoms in total. The molecule has 0 radical (unpaired) electrons. The molecular weight excluding hydrogens is 212 g/mol. The Hall–Kier alpha value is -1.16. The van der Waals surface area contributed by atoms with E-state index in [2.05, 4.69) is 29.1 Å². The van der Waals surface area contributed by atoms with Crippen LogP contribution in [0.5, 0.6) is 0 Å². The Labute approximate surface area is 104 Å². The normalized spacial score (nSPS) is 12.8. The average molecular weight is 236 g/mol. The van der Waals surface area contributed by atoms with Crippen LogP contribution in [0.1, 0.15) is 38.1 Å². The molecule has 0 saturated carbocycles. The van der Waals surface area contributed by atoms with Crippen molar-refractivity contribution in [3.8, 4) is 0 Å². The lowest BCUT2D eigenvalue weighted by atomic mass is 9.95. The third-order valence-corrected chi connectivity index (χ3v) is 3.13. The summed E-state index contributed by atoms with van der Waals surface area (Å²) in [4.78, 5) is 8.68. The van der Waals surface area contributed by atoms with Crippen LogP contribution in [-0.4, -0.2) is 22.6 Å². The van der Waals surface area contributed by atoms with Gasteiger partial charge in [-0.3, -0.25) is 0 Å². The zero-order valence-electron chi connectivity index (χ0n) is 11.3. The fourth-order valence-corrected chi connectivity index (χ4v) is 2.07. The molecule has 0 amide bonds. The number of hydrogen-bond donors (Lipinski definition) is 2. The summed E-state index contributed by atoms with van der Waals surface area (Å²) in [5.41, 5.74) is 8.11. The van der Waals surface area contributed by atoms with Crippen molar-refractivity contribution in [1.82, 2.24) is 9.97 Å². The predicted molar refractivity (Wildman–Crippen MR) is 72.0 cm³/mol. The molecule has 0 aliphatic heterocycles. The van der Waals surface area contributed by atoms with Crippen LogP contribution in [0.15, 0.2) is 6.07 Å². The topological polar surface area (TPSA) is 63.8 Å². The molecule has 1 atom stereocenters. The van der Waals surface area contributed by atoms with Crippen molar-refractivity contribution in [1.29, 1.82) is 0 Å². The molecule has 1 rings (SSSR count). The van der Waals surface area contributed by atoms with Gasteiger partial charge in [-0.25, -0.2) is 9.97 Å². The second-order valence-electron chi connectivity index (χ2n) is 4.60. The highest BCUT2D eigenvalue weighted by molar-refractivity contribution is 5.27. The predicted octanol–water partition coefficient (Wildman–Crippen LogP) is 2.27. The minimum Gasteiger partial charge on any atom is -0.353 e. The fourth-order valence-electron chi connectivity index (χ4n) is 2.07. The first kappa shape index (κ1) is 13.9. The van der Waals surface area contributed by atoms with Crippen LogP contribution >= 0.6 is 0 Å². The maximum absolute atomic E-state index is 6.14. The van der Waals surface area contributed by atoms with Gasteiger partial charge in [-0.2, -0.15) is 0 Å². The van der Waals surface area contributed by atoms with E-state index in [1.165, 1.54) is 0 Å². The smallest absolute Gasteiger partial charge is 0.223 e. The third-order valence-electron chi connectivity index (χ3n) is 3.13. The van der Waals surface area contributed by atoms with E-state index in [0.717, 1.165) is 30.8 Å². The molecule has 0 fully saturated rings. The quantitative estimate of drug-likeness (QED) is 0.795. The minimum atomic E-state index is 0.161. The zero-order chi connectivity index (χ0) is 12.8. The average Bonchev–Trinajstić information content (AvgIpc) is 2.27. The second kappa shape index (κ2) is 6.55. The van der Waals surface area contributed by atoms with E-state index in [1.807, 2.05) is 19.9 Å². The largest absolute Gasteiger partial charge is 0.353 e. The van der Waals surface area contributed by atoms with Crippen molar-refractivity contribution in [2.45, 2.75) is 46.6 Å². The van der Waals surface area contributed by atoms with Gasteiger partial charge in [0, 0.05) is 24.0 Å². The summed E-state index contributed by atoms with van der Waals surface area (Å²) in [5, 5.41) is 3.23. The van der Waals surface area contributed by atoms with Crippen LogP contribution in [0.2, 0.25) is 0 Å². The van der Waals surface area contributed by atoms with Crippen LogP contribution < -0.4 is 11.1 Å². The molecule has 0 spiro atoms. The van der Waals surface area contributed by atoms with Crippen LogP contribution in [0, 0.1) is 19.8 Å². The highest BCUT2D eigenvalue weighted by Gasteiger charge is 2.13. The Balaban J connectivity index is 2.55. The molecule has 4 heteroatoms. The summed E-state index contributed by atoms with van der Waals surface area (Å²) >= 11 is 0. The Bertz CT molecular complexity index is 327. The van der Waals surface area contributed by atoms with Crippen molar-refractivity contribution in [3.63, 3.8) is 0 Å². The van der Waals surface area contributed by atoms with E-state index < -0.39 is 0 Å². The van der Waals surface area contributed by atoms with Gasteiger partial charge in [0.1, 0.15) is 0 Å². The van der Waals surface area contributed by atoms with Gasteiger partial charge in [0.05, 0.1) is 0 Å².